The molecular formula is C16H24BrN3O3S2. The van der Waals surface area contributed by atoms with Gasteiger partial charge in [-0.25, -0.2) is 12.7 Å². The second-order valence-electron chi connectivity index (χ2n) is 6.74. The molecule has 25 heavy (non-hydrogen) atoms. The zero-order valence-electron chi connectivity index (χ0n) is 14.4. The highest BCUT2D eigenvalue weighted by molar-refractivity contribution is 9.11. The standard InChI is InChI=1S/C16H24BrN3O3S2/c1-25(22,23)20-6-4-13(5-7-20)16(21)19-10-8-18(9-11-19)12-14-2-3-15(17)24-14/h2-3,13H,4-12H2,1H3. The van der Waals surface area contributed by atoms with E-state index in [0.29, 0.717) is 25.9 Å². The average molecular weight is 450 g/mol. The lowest BCUT2D eigenvalue weighted by atomic mass is 9.96. The van der Waals surface area contributed by atoms with Gasteiger partial charge >= 0.3 is 0 Å². The molecule has 0 N–H and O–H groups in total. The van der Waals surface area contributed by atoms with Crippen molar-refractivity contribution in [2.75, 3.05) is 45.5 Å². The fourth-order valence-corrected chi connectivity index (χ4v) is 5.88. The zero-order valence-corrected chi connectivity index (χ0v) is 17.6. The van der Waals surface area contributed by atoms with Crippen LogP contribution in [0.3, 0.4) is 0 Å². The number of rotatable bonds is 4. The van der Waals surface area contributed by atoms with E-state index >= 15 is 0 Å². The molecule has 0 unspecified atom stereocenters. The van der Waals surface area contributed by atoms with E-state index in [1.54, 1.807) is 11.3 Å². The van der Waals surface area contributed by atoms with Crippen molar-refractivity contribution in [2.24, 2.45) is 5.92 Å². The smallest absolute Gasteiger partial charge is 0.225 e. The first kappa shape index (κ1) is 19.3. The number of amides is 1. The van der Waals surface area contributed by atoms with Crippen molar-refractivity contribution in [3.63, 3.8) is 0 Å². The predicted molar refractivity (Wildman–Crippen MR) is 103 cm³/mol. The third kappa shape index (κ3) is 5.03. The quantitative estimate of drug-likeness (QED) is 0.703. The number of hydrogen-bond acceptors (Lipinski definition) is 5. The van der Waals surface area contributed by atoms with Crippen molar-refractivity contribution in [1.29, 1.82) is 0 Å². The lowest BCUT2D eigenvalue weighted by Gasteiger charge is -2.38. The minimum absolute atomic E-state index is 0.0298. The topological polar surface area (TPSA) is 60.9 Å². The Morgan fingerprint density at radius 2 is 1.80 bits per heavy atom. The monoisotopic (exact) mass is 449 g/mol. The summed E-state index contributed by atoms with van der Waals surface area (Å²) in [5.74, 6) is 0.171. The first-order valence-electron chi connectivity index (χ1n) is 8.53. The summed E-state index contributed by atoms with van der Waals surface area (Å²) in [4.78, 5) is 18.4. The molecule has 2 saturated heterocycles. The van der Waals surface area contributed by atoms with Crippen molar-refractivity contribution >= 4 is 43.2 Å². The summed E-state index contributed by atoms with van der Waals surface area (Å²) in [6.07, 6.45) is 2.51. The molecule has 3 heterocycles. The summed E-state index contributed by atoms with van der Waals surface area (Å²) in [5.41, 5.74) is 0. The number of thiophene rings is 1. The summed E-state index contributed by atoms with van der Waals surface area (Å²) in [7, 11) is -3.14. The lowest BCUT2D eigenvalue weighted by Crippen LogP contribution is -2.51. The molecule has 0 aliphatic carbocycles. The molecule has 1 amide bonds. The molecule has 9 heteroatoms. The van der Waals surface area contributed by atoms with E-state index in [1.165, 1.54) is 15.4 Å². The van der Waals surface area contributed by atoms with Crippen LogP contribution in [0.2, 0.25) is 0 Å². The molecule has 6 nitrogen and oxygen atoms in total. The van der Waals surface area contributed by atoms with Gasteiger partial charge in [0, 0.05) is 56.6 Å². The molecule has 2 aliphatic heterocycles. The third-order valence-electron chi connectivity index (χ3n) is 4.96. The van der Waals surface area contributed by atoms with E-state index in [4.69, 9.17) is 0 Å². The number of piperazine rings is 1. The van der Waals surface area contributed by atoms with Crippen LogP contribution in [0.1, 0.15) is 17.7 Å². The van der Waals surface area contributed by atoms with Crippen LogP contribution in [0.15, 0.2) is 15.9 Å². The highest BCUT2D eigenvalue weighted by atomic mass is 79.9. The Morgan fingerprint density at radius 1 is 1.16 bits per heavy atom. The van der Waals surface area contributed by atoms with Gasteiger partial charge in [0.25, 0.3) is 0 Å². The molecule has 0 spiro atoms. The Labute approximate surface area is 162 Å². The predicted octanol–water partition coefficient (Wildman–Crippen LogP) is 1.83. The molecule has 2 fully saturated rings. The van der Waals surface area contributed by atoms with E-state index in [1.807, 2.05) is 4.90 Å². The van der Waals surface area contributed by atoms with Gasteiger partial charge < -0.3 is 4.90 Å². The molecule has 1 aromatic heterocycles. The molecule has 0 bridgehead atoms. The van der Waals surface area contributed by atoms with Crippen LogP contribution in [-0.4, -0.2) is 74.0 Å². The van der Waals surface area contributed by atoms with Crippen molar-refractivity contribution in [3.05, 3.63) is 20.8 Å². The van der Waals surface area contributed by atoms with Crippen LogP contribution in [0.5, 0.6) is 0 Å². The summed E-state index contributed by atoms with van der Waals surface area (Å²) in [5, 5.41) is 0. The highest BCUT2D eigenvalue weighted by Crippen LogP contribution is 2.25. The van der Waals surface area contributed by atoms with Gasteiger partial charge in [-0.15, -0.1) is 11.3 Å². The Kier molecular flexibility index (Phi) is 6.20. The fourth-order valence-electron chi connectivity index (χ4n) is 3.48. The number of halogens is 1. The largest absolute Gasteiger partial charge is 0.340 e. The molecule has 0 saturated carbocycles. The van der Waals surface area contributed by atoms with Crippen LogP contribution in [-0.2, 0) is 21.4 Å². The Hall–Kier alpha value is -0.480. The second-order valence-corrected chi connectivity index (χ2v) is 11.3. The zero-order chi connectivity index (χ0) is 18.0. The fraction of sp³-hybridized carbons (Fsp3) is 0.688. The molecular weight excluding hydrogens is 426 g/mol. The molecule has 0 aromatic carbocycles. The van der Waals surface area contributed by atoms with Gasteiger partial charge in [0.15, 0.2) is 0 Å². The number of piperidine rings is 1. The summed E-state index contributed by atoms with van der Waals surface area (Å²) >= 11 is 5.25. The van der Waals surface area contributed by atoms with E-state index in [0.717, 1.165) is 36.5 Å². The maximum Gasteiger partial charge on any atom is 0.225 e. The Bertz CT molecular complexity index is 706. The van der Waals surface area contributed by atoms with E-state index in [9.17, 15) is 13.2 Å². The van der Waals surface area contributed by atoms with Gasteiger partial charge in [-0.1, -0.05) is 0 Å². The van der Waals surface area contributed by atoms with Gasteiger partial charge in [-0.3, -0.25) is 9.69 Å². The van der Waals surface area contributed by atoms with E-state index in [-0.39, 0.29) is 11.8 Å². The minimum atomic E-state index is -3.14. The number of sulfonamides is 1. The van der Waals surface area contributed by atoms with Gasteiger partial charge in [0.1, 0.15) is 0 Å². The van der Waals surface area contributed by atoms with Gasteiger partial charge in [0.05, 0.1) is 10.0 Å². The number of carbonyl (C=O) groups is 1. The van der Waals surface area contributed by atoms with Crippen LogP contribution < -0.4 is 0 Å². The maximum absolute atomic E-state index is 12.7. The Balaban J connectivity index is 1.46. The van der Waals surface area contributed by atoms with Crippen molar-refractivity contribution < 1.29 is 13.2 Å². The first-order chi connectivity index (χ1) is 11.8. The molecule has 0 atom stereocenters. The van der Waals surface area contributed by atoms with Gasteiger partial charge in [-0.2, -0.15) is 0 Å². The summed E-state index contributed by atoms with van der Waals surface area (Å²) < 4.78 is 25.8. The van der Waals surface area contributed by atoms with Crippen molar-refractivity contribution in [1.82, 2.24) is 14.1 Å². The van der Waals surface area contributed by atoms with E-state index < -0.39 is 10.0 Å². The average Bonchev–Trinajstić information content (AvgIpc) is 2.99. The summed E-state index contributed by atoms with van der Waals surface area (Å²) in [6, 6.07) is 4.21. The lowest BCUT2D eigenvalue weighted by molar-refractivity contribution is -0.138. The van der Waals surface area contributed by atoms with Gasteiger partial charge in [-0.05, 0) is 40.9 Å². The van der Waals surface area contributed by atoms with Crippen molar-refractivity contribution in [3.8, 4) is 0 Å². The van der Waals surface area contributed by atoms with Crippen LogP contribution >= 0.6 is 27.3 Å². The normalized spacial score (nSPS) is 21.6. The maximum atomic E-state index is 12.7. The number of nitrogens with zero attached hydrogens (tertiary/aromatic N) is 3. The Morgan fingerprint density at radius 3 is 2.32 bits per heavy atom. The third-order valence-corrected chi connectivity index (χ3v) is 7.88. The summed E-state index contributed by atoms with van der Waals surface area (Å²) in [6.45, 7) is 5.16. The van der Waals surface area contributed by atoms with Gasteiger partial charge in [0.2, 0.25) is 15.9 Å². The van der Waals surface area contributed by atoms with E-state index in [2.05, 4.69) is 33.0 Å². The molecule has 1 aromatic rings. The minimum Gasteiger partial charge on any atom is -0.340 e. The SMILES string of the molecule is CS(=O)(=O)N1CCC(C(=O)N2CCN(Cc3ccc(Br)s3)CC2)CC1. The van der Waals surface area contributed by atoms with Crippen molar-refractivity contribution in [2.45, 2.75) is 19.4 Å². The number of carbonyl (C=O) groups excluding carboxylic acids is 1. The highest BCUT2D eigenvalue weighted by Gasteiger charge is 2.32. The van der Waals surface area contributed by atoms with Crippen LogP contribution in [0.4, 0.5) is 0 Å². The van der Waals surface area contributed by atoms with Crippen LogP contribution in [0, 0.1) is 5.92 Å². The molecule has 3 rings (SSSR count). The first-order valence-corrected chi connectivity index (χ1v) is 12.0. The second kappa shape index (κ2) is 8.04. The molecule has 0 radical (unpaired) electrons. The molecule has 2 aliphatic rings. The molecule has 140 valence electrons. The number of hydrogen-bond donors (Lipinski definition) is 0. The van der Waals surface area contributed by atoms with Crippen LogP contribution in [0.25, 0.3) is 0 Å².